The van der Waals surface area contributed by atoms with Crippen molar-refractivity contribution >= 4 is 32.8 Å². The number of nitrogens with one attached hydrogen (secondary N) is 1. The number of halogens is 2. The maximum Gasteiger partial charge on any atom is 0.407 e. The Balaban J connectivity index is 1.14. The molecule has 3 aliphatic heterocycles. The van der Waals surface area contributed by atoms with Gasteiger partial charge in [0.05, 0.1) is 24.2 Å². The normalized spacial score (nSPS) is 22.6. The molecule has 1 saturated carbocycles. The quantitative estimate of drug-likeness (QED) is 0.200. The van der Waals surface area contributed by atoms with E-state index in [1.807, 2.05) is 6.07 Å². The van der Waals surface area contributed by atoms with Crippen LogP contribution in [0.3, 0.4) is 0 Å². The van der Waals surface area contributed by atoms with E-state index in [-0.39, 0.29) is 17.0 Å². The summed E-state index contributed by atoms with van der Waals surface area (Å²) in [5.41, 5.74) is -1.23. The molecule has 58 heavy (non-hydrogen) atoms. The van der Waals surface area contributed by atoms with Gasteiger partial charge in [0.15, 0.2) is 6.04 Å². The number of piperidine rings is 1. The summed E-state index contributed by atoms with van der Waals surface area (Å²) in [6.07, 6.45) is 5.49. The fourth-order valence-electron chi connectivity index (χ4n) is 8.80. The lowest BCUT2D eigenvalue weighted by molar-refractivity contribution is -0.155. The van der Waals surface area contributed by atoms with Crippen LogP contribution in [0.25, 0.3) is 10.8 Å². The number of ether oxygens (including phenoxy) is 4. The van der Waals surface area contributed by atoms with Crippen LogP contribution < -0.4 is 14.8 Å². The van der Waals surface area contributed by atoms with Crippen molar-refractivity contribution in [1.29, 1.82) is 0 Å². The molecular weight excluding hydrogens is 771 g/mol. The Kier molecular flexibility index (Phi) is 12.5. The van der Waals surface area contributed by atoms with Crippen LogP contribution >= 0.6 is 0 Å². The van der Waals surface area contributed by atoms with Crippen LogP contribution in [0.1, 0.15) is 77.7 Å². The molecule has 12 nitrogen and oxygen atoms in total. The molecule has 7 rings (SSSR count). The monoisotopic (exact) mass is 826 g/mol. The Morgan fingerprint density at radius 3 is 2.17 bits per heavy atom. The van der Waals surface area contributed by atoms with Gasteiger partial charge in [0, 0.05) is 50.4 Å². The number of fused-ring (bicyclic) bond motifs is 3. The van der Waals surface area contributed by atoms with Crippen LogP contribution in [0.15, 0.2) is 65.6 Å². The largest absolute Gasteiger partial charge is 0.492 e. The number of rotatable bonds is 13. The van der Waals surface area contributed by atoms with E-state index in [1.54, 1.807) is 39.0 Å². The molecule has 3 heterocycles. The number of carbonyl (C=O) groups excluding carboxylic acids is 2. The van der Waals surface area contributed by atoms with Gasteiger partial charge in [0.2, 0.25) is 15.9 Å². The molecule has 3 aromatic carbocycles. The molecule has 0 radical (unpaired) electrons. The van der Waals surface area contributed by atoms with E-state index >= 15 is 8.78 Å². The Hall–Kier alpha value is -4.05. The first-order valence-electron chi connectivity index (χ1n) is 20.5. The summed E-state index contributed by atoms with van der Waals surface area (Å²) < 4.78 is 86.7. The second-order valence-corrected chi connectivity index (χ2v) is 19.0. The van der Waals surface area contributed by atoms with Crippen LogP contribution in [-0.2, 0) is 30.2 Å². The van der Waals surface area contributed by atoms with Gasteiger partial charge in [-0.2, -0.15) is 13.1 Å². The Bertz CT molecular complexity index is 2020. The standard InChI is InChI=1S/C43H56F2N4O8S/c1-42(2,3)57-41(51)46-32-27-33-13-14-34(28-32)49(33)40(50)39(43(44,45)31-11-16-35(17-12-31)55-24-21-48-19-22-54-23-20-48)47(4)58(52,53)38-18-10-29-25-37(15-9-30(29)26-38)56-36-7-5-6-8-36/h9-12,15-18,25-26,32-34,36,39H,5-8,13-14,19-24,27-28H2,1-4H3,(H,46,51). The molecule has 2 bridgehead atoms. The highest BCUT2D eigenvalue weighted by Crippen LogP contribution is 2.43. The van der Waals surface area contributed by atoms with Crippen molar-refractivity contribution in [3.05, 3.63) is 66.2 Å². The Labute approximate surface area is 340 Å². The molecule has 1 N–H and O–H groups in total. The summed E-state index contributed by atoms with van der Waals surface area (Å²) in [6, 6.07) is 11.4. The Morgan fingerprint density at radius 1 is 0.897 bits per heavy atom. The first-order valence-corrected chi connectivity index (χ1v) is 21.9. The molecule has 3 saturated heterocycles. The molecule has 2 amide bonds. The minimum absolute atomic E-state index is 0.147. The summed E-state index contributed by atoms with van der Waals surface area (Å²) in [6.45, 7) is 9.15. The van der Waals surface area contributed by atoms with E-state index in [4.69, 9.17) is 18.9 Å². The number of nitrogens with zero attached hydrogens (tertiary/aromatic N) is 3. The fourth-order valence-corrected chi connectivity index (χ4v) is 10.1. The van der Waals surface area contributed by atoms with Gasteiger partial charge in [-0.15, -0.1) is 0 Å². The number of benzene rings is 3. The number of morpholine rings is 1. The average molecular weight is 827 g/mol. The Morgan fingerprint density at radius 2 is 1.52 bits per heavy atom. The number of amides is 2. The molecule has 4 aliphatic rings. The van der Waals surface area contributed by atoms with Crippen molar-refractivity contribution < 1.29 is 45.7 Å². The van der Waals surface area contributed by atoms with Crippen LogP contribution in [0.4, 0.5) is 13.6 Å². The van der Waals surface area contributed by atoms with Crippen molar-refractivity contribution in [1.82, 2.24) is 19.4 Å². The van der Waals surface area contributed by atoms with Crippen LogP contribution in [-0.4, -0.2) is 117 Å². The van der Waals surface area contributed by atoms with Crippen molar-refractivity contribution in [2.24, 2.45) is 0 Å². The molecule has 3 unspecified atom stereocenters. The number of alkyl carbamates (subject to hydrolysis) is 1. The number of likely N-dealkylation sites (N-methyl/N-ethyl adjacent to an activating group) is 1. The molecule has 3 atom stereocenters. The van der Waals surface area contributed by atoms with E-state index in [1.165, 1.54) is 41.3 Å². The van der Waals surface area contributed by atoms with Crippen molar-refractivity contribution in [3.63, 3.8) is 0 Å². The second kappa shape index (κ2) is 17.3. The lowest BCUT2D eigenvalue weighted by atomic mass is 9.94. The summed E-state index contributed by atoms with van der Waals surface area (Å²) >= 11 is 0. The predicted molar refractivity (Wildman–Crippen MR) is 215 cm³/mol. The smallest absolute Gasteiger partial charge is 0.407 e. The number of alkyl halides is 2. The maximum absolute atomic E-state index is 17.2. The van der Waals surface area contributed by atoms with Crippen LogP contribution in [0.2, 0.25) is 0 Å². The van der Waals surface area contributed by atoms with Gasteiger partial charge in [-0.25, -0.2) is 13.2 Å². The third-order valence-corrected chi connectivity index (χ3v) is 13.6. The molecule has 0 aromatic heterocycles. The topological polar surface area (TPSA) is 127 Å². The van der Waals surface area contributed by atoms with Gasteiger partial charge in [0.25, 0.3) is 5.92 Å². The highest BCUT2D eigenvalue weighted by molar-refractivity contribution is 7.89. The molecule has 0 spiro atoms. The zero-order valence-electron chi connectivity index (χ0n) is 33.8. The minimum atomic E-state index is -4.66. The van der Waals surface area contributed by atoms with E-state index in [0.717, 1.165) is 51.2 Å². The van der Waals surface area contributed by atoms with Gasteiger partial charge in [0.1, 0.15) is 23.7 Å². The first-order chi connectivity index (χ1) is 27.6. The maximum atomic E-state index is 17.2. The lowest BCUT2D eigenvalue weighted by Crippen LogP contribution is -2.61. The lowest BCUT2D eigenvalue weighted by Gasteiger charge is -2.43. The second-order valence-electron chi connectivity index (χ2n) is 17.0. The summed E-state index contributed by atoms with van der Waals surface area (Å²) in [5, 5.41) is 4.21. The summed E-state index contributed by atoms with van der Waals surface area (Å²) in [5.74, 6) is -3.88. The number of hydrogen-bond acceptors (Lipinski definition) is 9. The van der Waals surface area contributed by atoms with Gasteiger partial charge in [-0.1, -0.05) is 12.1 Å². The van der Waals surface area contributed by atoms with Crippen LogP contribution in [0.5, 0.6) is 11.5 Å². The predicted octanol–water partition coefficient (Wildman–Crippen LogP) is 6.70. The highest BCUT2D eigenvalue weighted by Gasteiger charge is 2.56. The number of hydrogen-bond donors (Lipinski definition) is 1. The van der Waals surface area contributed by atoms with Gasteiger partial charge >= 0.3 is 6.09 Å². The third-order valence-electron chi connectivity index (χ3n) is 11.7. The highest BCUT2D eigenvalue weighted by atomic mass is 32.2. The molecule has 3 aromatic rings. The molecule has 316 valence electrons. The average Bonchev–Trinajstić information content (AvgIpc) is 3.79. The van der Waals surface area contributed by atoms with E-state index < -0.39 is 57.2 Å². The number of sulfonamides is 1. The summed E-state index contributed by atoms with van der Waals surface area (Å²) in [7, 11) is -3.61. The zero-order chi connectivity index (χ0) is 41.2. The first kappa shape index (κ1) is 42.1. The van der Waals surface area contributed by atoms with Gasteiger partial charge in [-0.3, -0.25) is 9.69 Å². The van der Waals surface area contributed by atoms with Gasteiger partial charge in [-0.05, 0) is 131 Å². The van der Waals surface area contributed by atoms with Crippen molar-refractivity contribution in [2.75, 3.05) is 46.5 Å². The molecule has 1 aliphatic carbocycles. The van der Waals surface area contributed by atoms with Crippen molar-refractivity contribution in [2.45, 2.75) is 119 Å². The van der Waals surface area contributed by atoms with Crippen LogP contribution in [0, 0.1) is 0 Å². The van der Waals surface area contributed by atoms with E-state index in [0.29, 0.717) is 73.2 Å². The zero-order valence-corrected chi connectivity index (χ0v) is 34.6. The fraction of sp³-hybridized carbons (Fsp3) is 0.581. The van der Waals surface area contributed by atoms with E-state index in [2.05, 4.69) is 10.2 Å². The molecule has 15 heteroatoms. The summed E-state index contributed by atoms with van der Waals surface area (Å²) in [4.78, 5) is 30.8. The third kappa shape index (κ3) is 9.53. The molecule has 4 fully saturated rings. The van der Waals surface area contributed by atoms with Gasteiger partial charge < -0.3 is 29.2 Å². The minimum Gasteiger partial charge on any atom is -0.492 e. The van der Waals surface area contributed by atoms with Crippen molar-refractivity contribution in [3.8, 4) is 11.5 Å². The number of carbonyl (C=O) groups is 2. The SMILES string of the molecule is CN(C(C(=O)N1C2CCC1CC(NC(=O)OC(C)(C)C)C2)C(F)(F)c1ccc(OCCN2CCOCC2)cc1)S(=O)(=O)c1ccc2cc(OC3CCCC3)ccc2c1. The molecular formula is C43H56F2N4O8S. The van der Waals surface area contributed by atoms with E-state index in [9.17, 15) is 18.0 Å².